The Balaban J connectivity index is 2.63. The Morgan fingerprint density at radius 2 is 1.91 bits per heavy atom. The summed E-state index contributed by atoms with van der Waals surface area (Å²) in [5, 5.41) is 4.79. The van der Waals surface area contributed by atoms with Crippen molar-refractivity contribution in [3.63, 3.8) is 0 Å². The molecular weight excluding hydrogens is 432 g/mol. The topological polar surface area (TPSA) is 102 Å². The van der Waals surface area contributed by atoms with Crippen molar-refractivity contribution in [3.05, 3.63) is 58.5 Å². The van der Waals surface area contributed by atoms with Crippen LogP contribution in [0.25, 0.3) is 0 Å². The lowest BCUT2D eigenvalue weighted by atomic mass is 9.95. The number of hydrogen-bond donors (Lipinski definition) is 2. The van der Waals surface area contributed by atoms with Crippen LogP contribution in [0, 0.1) is 5.92 Å². The molecule has 0 saturated heterocycles. The zero-order chi connectivity index (χ0) is 25.7. The van der Waals surface area contributed by atoms with E-state index >= 15 is 0 Å². The van der Waals surface area contributed by atoms with Crippen LogP contribution in [-0.2, 0) is 23.9 Å². The van der Waals surface area contributed by atoms with Gasteiger partial charge in [0, 0.05) is 24.3 Å². The van der Waals surface area contributed by atoms with Crippen molar-refractivity contribution in [1.82, 2.24) is 10.6 Å². The van der Waals surface area contributed by atoms with Gasteiger partial charge in [-0.3, -0.25) is 19.2 Å². The maximum absolute atomic E-state index is 12.6. The third-order valence-electron chi connectivity index (χ3n) is 5.69. The molecular formula is C27H38N2O5. The number of rotatable bonds is 14. The second kappa shape index (κ2) is 15.0. The third kappa shape index (κ3) is 9.06. The second-order valence-corrected chi connectivity index (χ2v) is 8.48. The van der Waals surface area contributed by atoms with Gasteiger partial charge in [-0.05, 0) is 51.9 Å². The lowest BCUT2D eigenvalue weighted by Gasteiger charge is -2.18. The molecule has 2 N–H and O–H groups in total. The Bertz CT molecular complexity index is 917. The van der Waals surface area contributed by atoms with Gasteiger partial charge in [0.15, 0.2) is 0 Å². The summed E-state index contributed by atoms with van der Waals surface area (Å²) in [4.78, 5) is 48.0. The van der Waals surface area contributed by atoms with E-state index < -0.39 is 17.5 Å². The van der Waals surface area contributed by atoms with Gasteiger partial charge in [-0.2, -0.15) is 0 Å². The average molecular weight is 471 g/mol. The predicted octanol–water partition coefficient (Wildman–Crippen LogP) is 4.23. The number of Topliss-reactive ketones (excluding diaryl/α,β-unsaturated/α-hetero) is 1. The SMILES string of the molecule is CCC1=C(NC=O)C(=O)C=C(NC(=O)/C(C)=C/C=C\CC/C(C)=C/[C@H](C)CC(CC)OC)C1=O. The summed E-state index contributed by atoms with van der Waals surface area (Å²) in [5.74, 6) is -1.01. The van der Waals surface area contributed by atoms with Crippen LogP contribution in [0.15, 0.2) is 58.5 Å². The van der Waals surface area contributed by atoms with Gasteiger partial charge in [-0.1, -0.05) is 50.6 Å². The minimum atomic E-state index is -0.523. The monoisotopic (exact) mass is 470 g/mol. The van der Waals surface area contributed by atoms with E-state index in [0.29, 0.717) is 17.9 Å². The first-order chi connectivity index (χ1) is 16.2. The van der Waals surface area contributed by atoms with Crippen LogP contribution in [0.2, 0.25) is 0 Å². The van der Waals surface area contributed by atoms with E-state index in [1.54, 1.807) is 27.0 Å². The van der Waals surface area contributed by atoms with Gasteiger partial charge in [0.25, 0.3) is 5.91 Å². The predicted molar refractivity (Wildman–Crippen MR) is 134 cm³/mol. The van der Waals surface area contributed by atoms with Gasteiger partial charge in [0.1, 0.15) is 0 Å². The fourth-order valence-electron chi connectivity index (χ4n) is 3.74. The van der Waals surface area contributed by atoms with E-state index in [1.165, 1.54) is 5.57 Å². The first kappa shape index (κ1) is 29.0. The highest BCUT2D eigenvalue weighted by molar-refractivity contribution is 6.24. The zero-order valence-corrected chi connectivity index (χ0v) is 21.2. The summed E-state index contributed by atoms with van der Waals surface area (Å²) in [6.45, 7) is 9.79. The van der Waals surface area contributed by atoms with Crippen LogP contribution in [0.1, 0.15) is 66.7 Å². The molecule has 0 heterocycles. The molecule has 0 spiro atoms. The molecule has 0 bridgehead atoms. The molecule has 1 aliphatic carbocycles. The van der Waals surface area contributed by atoms with Crippen molar-refractivity contribution in [3.8, 4) is 0 Å². The number of hydrogen-bond acceptors (Lipinski definition) is 5. The van der Waals surface area contributed by atoms with Crippen LogP contribution >= 0.6 is 0 Å². The first-order valence-electron chi connectivity index (χ1n) is 11.8. The van der Waals surface area contributed by atoms with Crippen LogP contribution in [0.3, 0.4) is 0 Å². The molecule has 0 aromatic carbocycles. The molecule has 0 aromatic rings. The zero-order valence-electron chi connectivity index (χ0n) is 21.2. The number of methoxy groups -OCH3 is 1. The highest BCUT2D eigenvalue weighted by atomic mass is 16.5. The quantitative estimate of drug-likeness (QED) is 0.130. The third-order valence-corrected chi connectivity index (χ3v) is 5.69. The Morgan fingerprint density at radius 1 is 1.21 bits per heavy atom. The van der Waals surface area contributed by atoms with E-state index in [9.17, 15) is 19.2 Å². The molecule has 1 unspecified atom stereocenters. The van der Waals surface area contributed by atoms with Crippen LogP contribution in [0.4, 0.5) is 0 Å². The van der Waals surface area contributed by atoms with Crippen molar-refractivity contribution >= 4 is 23.9 Å². The summed E-state index contributed by atoms with van der Waals surface area (Å²) in [6.07, 6.45) is 13.5. The number of carbonyl (C=O) groups excluding carboxylic acids is 4. The lowest BCUT2D eigenvalue weighted by molar-refractivity contribution is -0.120. The van der Waals surface area contributed by atoms with Crippen molar-refractivity contribution in [2.45, 2.75) is 72.8 Å². The molecule has 0 fully saturated rings. The van der Waals surface area contributed by atoms with Gasteiger partial charge < -0.3 is 15.4 Å². The minimum absolute atomic E-state index is 0.0432. The molecule has 0 aliphatic heterocycles. The molecule has 2 atom stereocenters. The average Bonchev–Trinajstić information content (AvgIpc) is 2.80. The van der Waals surface area contributed by atoms with E-state index in [2.05, 4.69) is 37.5 Å². The largest absolute Gasteiger partial charge is 0.381 e. The summed E-state index contributed by atoms with van der Waals surface area (Å²) < 4.78 is 5.46. The van der Waals surface area contributed by atoms with Crippen molar-refractivity contribution in [2.75, 3.05) is 7.11 Å². The van der Waals surface area contributed by atoms with Gasteiger partial charge in [-0.15, -0.1) is 0 Å². The first-order valence-corrected chi connectivity index (χ1v) is 11.8. The highest BCUT2D eigenvalue weighted by Crippen LogP contribution is 2.19. The van der Waals surface area contributed by atoms with Crippen LogP contribution < -0.4 is 10.6 Å². The number of ether oxygens (including phenoxy) is 1. The maximum atomic E-state index is 12.6. The van der Waals surface area contributed by atoms with Crippen LogP contribution in [0.5, 0.6) is 0 Å². The molecule has 0 radical (unpaired) electrons. The molecule has 7 nitrogen and oxygen atoms in total. The molecule has 1 rings (SSSR count). The number of allylic oxidation sites excluding steroid dienone is 7. The Hall–Kier alpha value is -3.06. The van der Waals surface area contributed by atoms with E-state index in [0.717, 1.165) is 31.8 Å². The van der Waals surface area contributed by atoms with E-state index in [1.807, 2.05) is 12.2 Å². The van der Waals surface area contributed by atoms with Crippen molar-refractivity contribution in [2.24, 2.45) is 5.92 Å². The molecule has 2 amide bonds. The Morgan fingerprint density at radius 3 is 2.50 bits per heavy atom. The fraction of sp³-hybridized carbons (Fsp3) is 0.481. The minimum Gasteiger partial charge on any atom is -0.381 e. The summed E-state index contributed by atoms with van der Waals surface area (Å²) in [5.41, 5.74) is 1.76. The molecule has 34 heavy (non-hydrogen) atoms. The summed E-state index contributed by atoms with van der Waals surface area (Å²) in [7, 11) is 1.75. The van der Waals surface area contributed by atoms with Gasteiger partial charge in [-0.25, -0.2) is 0 Å². The maximum Gasteiger partial charge on any atom is 0.251 e. The number of nitrogens with one attached hydrogen (secondary N) is 2. The second-order valence-electron chi connectivity index (χ2n) is 8.48. The molecule has 0 aromatic heterocycles. The highest BCUT2D eigenvalue weighted by Gasteiger charge is 2.28. The van der Waals surface area contributed by atoms with Gasteiger partial charge >= 0.3 is 0 Å². The van der Waals surface area contributed by atoms with E-state index in [4.69, 9.17) is 4.74 Å². The Labute approximate surface area is 203 Å². The van der Waals surface area contributed by atoms with Gasteiger partial charge in [0.2, 0.25) is 18.0 Å². The fourth-order valence-corrected chi connectivity index (χ4v) is 3.74. The lowest BCUT2D eigenvalue weighted by Crippen LogP contribution is -2.35. The number of carbonyl (C=O) groups is 4. The van der Waals surface area contributed by atoms with Gasteiger partial charge in [0.05, 0.1) is 17.5 Å². The molecule has 0 saturated carbocycles. The number of amides is 2. The normalized spacial score (nSPS) is 17.1. The van der Waals surface area contributed by atoms with Crippen molar-refractivity contribution < 1.29 is 23.9 Å². The summed E-state index contributed by atoms with van der Waals surface area (Å²) >= 11 is 0. The standard InChI is InChI=1S/C27H38N2O5/c1-7-21(34-6)15-19(4)14-18(3)12-10-9-11-13-20(5)27(33)29-23-16-24(31)25(28-17-30)22(8-2)26(23)32/h9,11,13-14,16-17,19,21H,7-8,10,12,15H2,1-6H3,(H,28,30)(H,29,33)/b11-9-,18-14+,20-13+/t19-,21?/m0/s1. The van der Waals surface area contributed by atoms with E-state index in [-0.39, 0.29) is 29.5 Å². The molecule has 7 heteroatoms. The van der Waals surface area contributed by atoms with Crippen LogP contribution in [-0.4, -0.2) is 37.1 Å². The Kier molecular flexibility index (Phi) is 12.7. The molecule has 186 valence electrons. The number of ketones is 2. The molecule has 1 aliphatic rings. The summed E-state index contributed by atoms with van der Waals surface area (Å²) in [6, 6.07) is 0. The smallest absolute Gasteiger partial charge is 0.251 e. The van der Waals surface area contributed by atoms with Crippen molar-refractivity contribution in [1.29, 1.82) is 0 Å².